The van der Waals surface area contributed by atoms with Crippen molar-refractivity contribution in [1.82, 2.24) is 35.4 Å². The number of nitrogens with one attached hydrogen (secondary N) is 1. The number of rotatable bonds is 11. The fraction of sp³-hybridized carbons (Fsp3) is 0.316. The zero-order valence-corrected chi connectivity index (χ0v) is 21.3. The van der Waals surface area contributed by atoms with E-state index in [9.17, 15) is 19.5 Å². The molecule has 37 heavy (non-hydrogen) atoms. The van der Waals surface area contributed by atoms with Crippen molar-refractivity contribution in [2.24, 2.45) is 5.16 Å². The average molecular weight is 563 g/mol. The Hall–Kier alpha value is -3.95. The number of carboxylic acids is 1. The molecule has 1 unspecified atom stereocenters. The number of hydrogen-bond acceptors (Lipinski definition) is 14. The molecule has 192 valence electrons. The number of oxime groups is 1. The summed E-state index contributed by atoms with van der Waals surface area (Å²) in [5.41, 5.74) is 5.88. The molecule has 18 heteroatoms. The Labute approximate surface area is 221 Å². The molecular formula is C19H18N10O5S3. The molecule has 4 N–H and O–H groups in total. The molecule has 2 aliphatic rings. The van der Waals surface area contributed by atoms with Crippen molar-refractivity contribution in [3.63, 3.8) is 0 Å². The maximum absolute atomic E-state index is 13.0. The van der Waals surface area contributed by atoms with Gasteiger partial charge in [0.15, 0.2) is 10.8 Å². The van der Waals surface area contributed by atoms with E-state index in [2.05, 4.69) is 37.6 Å². The first-order valence-electron chi connectivity index (χ1n) is 10.3. The summed E-state index contributed by atoms with van der Waals surface area (Å²) in [6.45, 7) is 3.63. The number of fused-ring (bicyclic) bond motifs is 1. The number of carbonyl (C=O) groups is 3. The van der Waals surface area contributed by atoms with Gasteiger partial charge in [0.25, 0.3) is 11.8 Å². The predicted molar refractivity (Wildman–Crippen MR) is 133 cm³/mol. The quantitative estimate of drug-likeness (QED) is 0.0800. The van der Waals surface area contributed by atoms with E-state index >= 15 is 0 Å². The van der Waals surface area contributed by atoms with Crippen LogP contribution in [-0.2, 0) is 25.8 Å². The molecule has 2 aromatic heterocycles. The molecule has 4 heterocycles. The third kappa shape index (κ3) is 5.42. The van der Waals surface area contributed by atoms with Gasteiger partial charge in [0.05, 0.1) is 6.54 Å². The first-order valence-corrected chi connectivity index (χ1v) is 13.3. The van der Waals surface area contributed by atoms with Gasteiger partial charge in [0.2, 0.25) is 11.8 Å². The van der Waals surface area contributed by atoms with Crippen LogP contribution in [0.5, 0.6) is 0 Å². The van der Waals surface area contributed by atoms with Gasteiger partial charge >= 0.3 is 5.97 Å². The van der Waals surface area contributed by atoms with Crippen LogP contribution in [0.15, 0.2) is 39.6 Å². The number of carboxylic acid groups (broad SMARTS) is 1. The van der Waals surface area contributed by atoms with Gasteiger partial charge in [-0.3, -0.25) is 14.5 Å². The highest BCUT2D eigenvalue weighted by Gasteiger charge is 2.54. The zero-order chi connectivity index (χ0) is 26.5. The van der Waals surface area contributed by atoms with E-state index in [-0.39, 0.29) is 28.0 Å². The number of thiazole rings is 1. The second kappa shape index (κ2) is 11.4. The molecule has 2 atom stereocenters. The molecule has 0 aromatic carbocycles. The van der Waals surface area contributed by atoms with Crippen molar-refractivity contribution in [3.05, 3.63) is 35.0 Å². The van der Waals surface area contributed by atoms with Crippen LogP contribution in [-0.4, -0.2) is 88.2 Å². The molecule has 0 aliphatic carbocycles. The first-order chi connectivity index (χ1) is 17.8. The Balaban J connectivity index is 1.49. The molecular weight excluding hydrogens is 544 g/mol. The highest BCUT2D eigenvalue weighted by atomic mass is 32.2. The summed E-state index contributed by atoms with van der Waals surface area (Å²) in [7, 11) is 0. The van der Waals surface area contributed by atoms with Gasteiger partial charge in [-0.1, -0.05) is 23.0 Å². The van der Waals surface area contributed by atoms with Crippen molar-refractivity contribution in [3.8, 4) is 6.07 Å². The minimum Gasteiger partial charge on any atom is -0.477 e. The maximum atomic E-state index is 13.0. The summed E-state index contributed by atoms with van der Waals surface area (Å²) in [6.07, 6.45) is 1.63. The van der Waals surface area contributed by atoms with Gasteiger partial charge in [-0.25, -0.2) is 14.5 Å². The van der Waals surface area contributed by atoms with E-state index in [0.29, 0.717) is 23.0 Å². The lowest BCUT2D eigenvalue weighted by molar-refractivity contribution is -0.150. The van der Waals surface area contributed by atoms with Crippen LogP contribution in [0.3, 0.4) is 0 Å². The number of nitrogens with zero attached hydrogens (tertiary/aromatic N) is 8. The van der Waals surface area contributed by atoms with Gasteiger partial charge in [-0.15, -0.1) is 34.8 Å². The summed E-state index contributed by atoms with van der Waals surface area (Å²) in [5, 5.41) is 37.7. The lowest BCUT2D eigenvalue weighted by atomic mass is 10.0. The smallest absolute Gasteiger partial charge is 0.352 e. The van der Waals surface area contributed by atoms with Crippen LogP contribution >= 0.6 is 34.9 Å². The molecule has 0 spiro atoms. The standard InChI is InChI=1S/C19H18N10O5S3/c1-2-4-28-19(24-26-27-28)37-7-9-6-35-16-12(15(31)29(16)13(9)17(32)33)23-14(30)11(25-34-5-3-20)10-8-36-18(21)22-10/h2,8,12,16H,1,4-7H2,(H2,21,22)(H,23,30)(H,32,33)/t12?,16-/m0/s1. The molecule has 0 saturated carbocycles. The SMILES string of the molecule is C=CCn1nnnc1SCC1=C(C(=O)O)N2C(=O)C(NC(=O)C(=NOCC#N)c3csc(N)n3)[C@@H]2SC1. The summed E-state index contributed by atoms with van der Waals surface area (Å²) in [5.74, 6) is -2.06. The highest BCUT2D eigenvalue weighted by Crippen LogP contribution is 2.41. The maximum Gasteiger partial charge on any atom is 0.352 e. The molecule has 2 aromatic rings. The average Bonchev–Trinajstić information content (AvgIpc) is 3.51. The van der Waals surface area contributed by atoms with E-state index < -0.39 is 35.8 Å². The molecule has 4 rings (SSSR count). The van der Waals surface area contributed by atoms with E-state index in [1.807, 2.05) is 0 Å². The van der Waals surface area contributed by atoms with Crippen LogP contribution in [0, 0.1) is 11.3 Å². The fourth-order valence-corrected chi connectivity index (χ4v) is 6.34. The third-order valence-electron chi connectivity index (χ3n) is 4.98. The van der Waals surface area contributed by atoms with E-state index in [4.69, 9.17) is 15.8 Å². The molecule has 2 aliphatic heterocycles. The number of aliphatic carboxylic acids is 1. The Kier molecular flexibility index (Phi) is 8.05. The fourth-order valence-electron chi connectivity index (χ4n) is 3.42. The number of allylic oxidation sites excluding steroid dienone is 1. The number of tetrazole rings is 1. The van der Waals surface area contributed by atoms with Gasteiger partial charge in [-0.05, 0) is 16.0 Å². The molecule has 1 saturated heterocycles. The highest BCUT2D eigenvalue weighted by molar-refractivity contribution is 8.01. The summed E-state index contributed by atoms with van der Waals surface area (Å²) in [6, 6.07) is 0.726. The molecule has 2 amide bonds. The Bertz CT molecular complexity index is 1350. The number of aromatic nitrogens is 5. The topological polar surface area (TPSA) is 215 Å². The number of carbonyl (C=O) groups excluding carboxylic acids is 2. The van der Waals surface area contributed by atoms with Crippen LogP contribution < -0.4 is 11.1 Å². The Morgan fingerprint density at radius 1 is 1.51 bits per heavy atom. The van der Waals surface area contributed by atoms with E-state index in [1.165, 1.54) is 33.6 Å². The number of β-lactam (4-membered cyclic amide) rings is 1. The van der Waals surface area contributed by atoms with Gasteiger partial charge in [-0.2, -0.15) is 5.26 Å². The molecule has 0 radical (unpaired) electrons. The van der Waals surface area contributed by atoms with Gasteiger partial charge in [0.1, 0.15) is 28.9 Å². The van der Waals surface area contributed by atoms with Crippen molar-refractivity contribution >= 4 is 63.5 Å². The summed E-state index contributed by atoms with van der Waals surface area (Å²) < 4.78 is 1.52. The van der Waals surface area contributed by atoms with Crippen LogP contribution in [0.25, 0.3) is 0 Å². The monoisotopic (exact) mass is 562 g/mol. The van der Waals surface area contributed by atoms with Crippen molar-refractivity contribution in [2.45, 2.75) is 23.1 Å². The second-order valence-corrected chi connectivity index (χ2v) is 10.2. The van der Waals surface area contributed by atoms with Crippen LogP contribution in [0.2, 0.25) is 0 Å². The number of hydrogen-bond donors (Lipinski definition) is 3. The number of anilines is 1. The number of nitrogen functional groups attached to an aromatic ring is 1. The second-order valence-electron chi connectivity index (χ2n) is 7.28. The number of nitrogens with two attached hydrogens (primary N) is 1. The van der Waals surface area contributed by atoms with Crippen molar-refractivity contribution in [1.29, 1.82) is 5.26 Å². The van der Waals surface area contributed by atoms with Crippen molar-refractivity contribution < 1.29 is 24.3 Å². The minimum atomic E-state index is -1.25. The summed E-state index contributed by atoms with van der Waals surface area (Å²) >= 11 is 3.63. The molecule has 0 bridgehead atoms. The van der Waals surface area contributed by atoms with Crippen molar-refractivity contribution in [2.75, 3.05) is 23.8 Å². The zero-order valence-electron chi connectivity index (χ0n) is 18.8. The molecule has 1 fully saturated rings. The lowest BCUT2D eigenvalue weighted by Crippen LogP contribution is -2.71. The van der Waals surface area contributed by atoms with E-state index in [1.54, 1.807) is 12.1 Å². The lowest BCUT2D eigenvalue weighted by Gasteiger charge is -2.49. The number of nitriles is 1. The van der Waals surface area contributed by atoms with Gasteiger partial charge in [0, 0.05) is 16.9 Å². The first kappa shape index (κ1) is 26.1. The number of amides is 2. The number of thioether (sulfide) groups is 2. The third-order valence-corrected chi connectivity index (χ3v) is 8.03. The normalized spacial score (nSPS) is 19.1. The summed E-state index contributed by atoms with van der Waals surface area (Å²) in [4.78, 5) is 48.0. The van der Waals surface area contributed by atoms with Gasteiger partial charge < -0.3 is 21.0 Å². The van der Waals surface area contributed by atoms with Crippen LogP contribution in [0.4, 0.5) is 5.13 Å². The van der Waals surface area contributed by atoms with E-state index in [0.717, 1.165) is 16.2 Å². The Morgan fingerprint density at radius 3 is 3.00 bits per heavy atom. The Morgan fingerprint density at radius 2 is 2.32 bits per heavy atom. The van der Waals surface area contributed by atoms with Crippen LogP contribution in [0.1, 0.15) is 5.69 Å². The largest absolute Gasteiger partial charge is 0.477 e. The minimum absolute atomic E-state index is 0.113. The predicted octanol–water partition coefficient (Wildman–Crippen LogP) is -0.327. The molecule has 15 nitrogen and oxygen atoms in total.